The van der Waals surface area contributed by atoms with Crippen LogP contribution in [0, 0.1) is 23.7 Å². The second-order valence-electron chi connectivity index (χ2n) is 5.54. The van der Waals surface area contributed by atoms with Gasteiger partial charge in [0.05, 0.1) is 12.6 Å². The van der Waals surface area contributed by atoms with Crippen LogP contribution in [0.1, 0.15) is 38.7 Å². The topological polar surface area (TPSA) is 35.2 Å². The van der Waals surface area contributed by atoms with E-state index in [4.69, 9.17) is 10.5 Å². The van der Waals surface area contributed by atoms with Crippen LogP contribution in [0.25, 0.3) is 0 Å². The van der Waals surface area contributed by atoms with E-state index in [9.17, 15) is 0 Å². The van der Waals surface area contributed by atoms with Crippen LogP contribution in [0.15, 0.2) is 24.3 Å². The van der Waals surface area contributed by atoms with Crippen molar-refractivity contribution in [3.63, 3.8) is 0 Å². The van der Waals surface area contributed by atoms with Crippen molar-refractivity contribution >= 4 is 0 Å². The largest absolute Gasteiger partial charge is 0.490 e. The van der Waals surface area contributed by atoms with E-state index in [2.05, 4.69) is 25.7 Å². The lowest BCUT2D eigenvalue weighted by Crippen LogP contribution is -2.28. The Morgan fingerprint density at radius 1 is 1.26 bits per heavy atom. The lowest BCUT2D eigenvalue weighted by molar-refractivity contribution is 0.101. The van der Waals surface area contributed by atoms with Gasteiger partial charge in [-0.05, 0) is 49.3 Å². The van der Waals surface area contributed by atoms with E-state index in [1.807, 2.05) is 24.3 Å². The summed E-state index contributed by atoms with van der Waals surface area (Å²) in [5, 5.41) is 0. The van der Waals surface area contributed by atoms with Crippen molar-refractivity contribution in [1.82, 2.24) is 0 Å². The zero-order valence-electron chi connectivity index (χ0n) is 11.9. The highest BCUT2D eigenvalue weighted by Crippen LogP contribution is 2.31. The third-order valence-electron chi connectivity index (χ3n) is 4.02. The van der Waals surface area contributed by atoms with Crippen LogP contribution in [0.3, 0.4) is 0 Å². The van der Waals surface area contributed by atoms with Gasteiger partial charge >= 0.3 is 0 Å². The Labute approximate surface area is 116 Å². The molecule has 1 aromatic carbocycles. The second kappa shape index (κ2) is 6.63. The fraction of sp³-hybridized carbons (Fsp3) is 0.529. The molecule has 2 heteroatoms. The highest BCUT2D eigenvalue weighted by atomic mass is 16.5. The van der Waals surface area contributed by atoms with Crippen molar-refractivity contribution in [3.05, 3.63) is 29.8 Å². The minimum atomic E-state index is 0.351. The van der Waals surface area contributed by atoms with E-state index in [1.54, 1.807) is 0 Å². The Balaban J connectivity index is 1.99. The molecule has 102 valence electrons. The third kappa shape index (κ3) is 4.01. The molecule has 2 nitrogen and oxygen atoms in total. The molecule has 2 N–H and O–H groups in total. The van der Waals surface area contributed by atoms with Gasteiger partial charge in [-0.3, -0.25) is 0 Å². The maximum Gasteiger partial charge on any atom is 0.120 e. The van der Waals surface area contributed by atoms with E-state index < -0.39 is 0 Å². The van der Waals surface area contributed by atoms with Crippen molar-refractivity contribution < 1.29 is 4.74 Å². The fourth-order valence-electron chi connectivity index (χ4n) is 2.60. The predicted molar refractivity (Wildman–Crippen MR) is 79.0 cm³/mol. The summed E-state index contributed by atoms with van der Waals surface area (Å²) in [6, 6.07) is 7.99. The van der Waals surface area contributed by atoms with Crippen molar-refractivity contribution in [2.45, 2.75) is 39.2 Å². The minimum Gasteiger partial charge on any atom is -0.490 e. The van der Waals surface area contributed by atoms with E-state index in [-0.39, 0.29) is 0 Å². The molecule has 0 saturated heterocycles. The van der Waals surface area contributed by atoms with E-state index in [1.165, 1.54) is 6.42 Å². The van der Waals surface area contributed by atoms with Gasteiger partial charge in [0.25, 0.3) is 0 Å². The van der Waals surface area contributed by atoms with Crippen molar-refractivity contribution in [2.24, 2.45) is 17.6 Å². The number of hydrogen-bond donors (Lipinski definition) is 1. The van der Waals surface area contributed by atoms with Gasteiger partial charge in [-0.15, -0.1) is 0 Å². The molecule has 1 aromatic rings. The number of nitrogens with two attached hydrogens (primary N) is 1. The standard InChI is InChI=1S/C17H23NO/c1-13-8-9-17(11-14(13)2)19-16-7-3-5-15(12-16)6-4-10-18/h3,5,7,12-14,17H,8-11,18H2,1-2H3. The van der Waals surface area contributed by atoms with Gasteiger partial charge in [0.1, 0.15) is 5.75 Å². The van der Waals surface area contributed by atoms with Crippen molar-refractivity contribution in [2.75, 3.05) is 6.54 Å². The fourth-order valence-corrected chi connectivity index (χ4v) is 2.60. The molecule has 0 amide bonds. The number of rotatable bonds is 2. The van der Waals surface area contributed by atoms with Gasteiger partial charge in [0.15, 0.2) is 0 Å². The molecule has 0 radical (unpaired) electrons. The smallest absolute Gasteiger partial charge is 0.120 e. The molecule has 0 aliphatic heterocycles. The molecule has 0 spiro atoms. The summed E-state index contributed by atoms with van der Waals surface area (Å²) < 4.78 is 6.10. The lowest BCUT2D eigenvalue weighted by Gasteiger charge is -2.32. The molecule has 19 heavy (non-hydrogen) atoms. The maximum absolute atomic E-state index is 6.10. The van der Waals surface area contributed by atoms with Crippen LogP contribution in [-0.4, -0.2) is 12.6 Å². The van der Waals surface area contributed by atoms with E-state index in [0.29, 0.717) is 12.6 Å². The Kier molecular flexibility index (Phi) is 4.87. The zero-order valence-corrected chi connectivity index (χ0v) is 11.9. The van der Waals surface area contributed by atoms with Gasteiger partial charge in [0, 0.05) is 5.56 Å². The normalized spacial score (nSPS) is 26.4. The van der Waals surface area contributed by atoms with Gasteiger partial charge in [-0.2, -0.15) is 0 Å². The molecular weight excluding hydrogens is 234 g/mol. The highest BCUT2D eigenvalue weighted by molar-refractivity contribution is 5.40. The molecule has 0 bridgehead atoms. The molecule has 3 atom stereocenters. The highest BCUT2D eigenvalue weighted by Gasteiger charge is 2.25. The summed E-state index contributed by atoms with van der Waals surface area (Å²) in [7, 11) is 0. The quantitative estimate of drug-likeness (QED) is 0.826. The SMILES string of the molecule is CC1CCC(Oc2cccc(C#CCN)c2)CC1C. The number of hydrogen-bond acceptors (Lipinski definition) is 2. The molecule has 3 unspecified atom stereocenters. The van der Waals surface area contributed by atoms with Crippen molar-refractivity contribution in [1.29, 1.82) is 0 Å². The Morgan fingerprint density at radius 3 is 2.84 bits per heavy atom. The first kappa shape index (κ1) is 14.0. The molecule has 1 aliphatic rings. The molecule has 1 aliphatic carbocycles. The van der Waals surface area contributed by atoms with E-state index in [0.717, 1.165) is 36.0 Å². The summed E-state index contributed by atoms with van der Waals surface area (Å²) in [6.45, 7) is 5.05. The second-order valence-corrected chi connectivity index (χ2v) is 5.54. The van der Waals surface area contributed by atoms with Crippen LogP contribution in [0.2, 0.25) is 0 Å². The van der Waals surface area contributed by atoms with Crippen LogP contribution in [-0.2, 0) is 0 Å². The van der Waals surface area contributed by atoms with Crippen LogP contribution in [0.4, 0.5) is 0 Å². The van der Waals surface area contributed by atoms with Gasteiger partial charge in [0.2, 0.25) is 0 Å². The molecule has 0 aromatic heterocycles. The van der Waals surface area contributed by atoms with Crippen LogP contribution < -0.4 is 10.5 Å². The molecule has 1 fully saturated rings. The summed E-state index contributed by atoms with van der Waals surface area (Å²) >= 11 is 0. The number of ether oxygens (including phenoxy) is 1. The first-order valence-corrected chi connectivity index (χ1v) is 7.14. The zero-order chi connectivity index (χ0) is 13.7. The summed E-state index contributed by atoms with van der Waals surface area (Å²) in [6.07, 6.45) is 3.92. The average molecular weight is 257 g/mol. The molecular formula is C17H23NO. The third-order valence-corrected chi connectivity index (χ3v) is 4.02. The monoisotopic (exact) mass is 257 g/mol. The summed E-state index contributed by atoms with van der Waals surface area (Å²) in [5.74, 6) is 8.41. The average Bonchev–Trinajstić information content (AvgIpc) is 2.41. The van der Waals surface area contributed by atoms with Gasteiger partial charge in [-0.1, -0.05) is 31.8 Å². The Hall–Kier alpha value is -1.46. The predicted octanol–water partition coefficient (Wildman–Crippen LogP) is 3.20. The van der Waals surface area contributed by atoms with Crippen LogP contribution in [0.5, 0.6) is 5.75 Å². The summed E-state index contributed by atoms with van der Waals surface area (Å²) in [4.78, 5) is 0. The minimum absolute atomic E-state index is 0.351. The van der Waals surface area contributed by atoms with Gasteiger partial charge < -0.3 is 10.5 Å². The molecule has 0 heterocycles. The Morgan fingerprint density at radius 2 is 2.11 bits per heavy atom. The van der Waals surface area contributed by atoms with Gasteiger partial charge in [-0.25, -0.2) is 0 Å². The van der Waals surface area contributed by atoms with E-state index >= 15 is 0 Å². The first-order chi connectivity index (χ1) is 9.19. The first-order valence-electron chi connectivity index (χ1n) is 7.14. The lowest BCUT2D eigenvalue weighted by atomic mass is 9.80. The molecule has 2 rings (SSSR count). The Bertz CT molecular complexity index is 472. The molecule has 1 saturated carbocycles. The summed E-state index contributed by atoms with van der Waals surface area (Å²) in [5.41, 5.74) is 6.36. The van der Waals surface area contributed by atoms with Crippen LogP contribution >= 0.6 is 0 Å². The van der Waals surface area contributed by atoms with Crippen molar-refractivity contribution in [3.8, 4) is 17.6 Å². The maximum atomic E-state index is 6.10. The number of benzene rings is 1.